The monoisotopic (exact) mass is 396 g/mol. The van der Waals surface area contributed by atoms with Crippen molar-refractivity contribution in [2.45, 2.75) is 24.4 Å². The first-order valence-electron chi connectivity index (χ1n) is 7.93. The van der Waals surface area contributed by atoms with Crippen LogP contribution in [0.2, 0.25) is 0 Å². The molecule has 27 heavy (non-hydrogen) atoms. The Labute approximate surface area is 155 Å². The Kier molecular flexibility index (Phi) is 6.66. The zero-order chi connectivity index (χ0) is 20.0. The number of rotatable bonds is 10. The van der Waals surface area contributed by atoms with Crippen molar-refractivity contribution in [3.05, 3.63) is 48.0 Å². The number of hydrogen-bond donors (Lipinski definition) is 3. The molecule has 2 aromatic rings. The number of nitrogens with two attached hydrogens (primary N) is 1. The number of aliphatic carboxylic acids is 2. The Morgan fingerprint density at radius 1 is 1.15 bits per heavy atom. The van der Waals surface area contributed by atoms with Gasteiger partial charge in [0.15, 0.2) is 0 Å². The van der Waals surface area contributed by atoms with Gasteiger partial charge in [-0.1, -0.05) is 12.1 Å². The summed E-state index contributed by atoms with van der Waals surface area (Å²) in [7, 11) is -3.76. The number of primary sulfonamides is 1. The number of imidazole rings is 1. The number of aromatic nitrogens is 2. The molecule has 10 nitrogen and oxygen atoms in total. The van der Waals surface area contributed by atoms with E-state index >= 15 is 0 Å². The van der Waals surface area contributed by atoms with Gasteiger partial charge in [-0.15, -0.1) is 0 Å². The highest BCUT2D eigenvalue weighted by Gasteiger charge is 2.15. The summed E-state index contributed by atoms with van der Waals surface area (Å²) < 4.78 is 24.0. The molecule has 11 heteroatoms. The summed E-state index contributed by atoms with van der Waals surface area (Å²) in [5.74, 6) is -1.59. The Hall–Kier alpha value is -2.76. The molecule has 0 unspecified atom stereocenters. The Bertz CT molecular complexity index is 907. The molecular weight excluding hydrogens is 376 g/mol. The minimum absolute atomic E-state index is 0.00402. The predicted octanol–water partition coefficient (Wildman–Crippen LogP) is -0.256. The number of hydrogen-bond acceptors (Lipinski definition) is 6. The summed E-state index contributed by atoms with van der Waals surface area (Å²) in [4.78, 5) is 27.7. The maximum Gasteiger partial charge on any atom is 0.323 e. The lowest BCUT2D eigenvalue weighted by Crippen LogP contribution is -2.32. The third-order valence-electron chi connectivity index (χ3n) is 3.80. The van der Waals surface area contributed by atoms with Crippen molar-refractivity contribution in [1.29, 1.82) is 0 Å². The van der Waals surface area contributed by atoms with Gasteiger partial charge in [-0.2, -0.15) is 0 Å². The normalized spacial score (nSPS) is 11.6. The zero-order valence-corrected chi connectivity index (χ0v) is 15.2. The van der Waals surface area contributed by atoms with Crippen LogP contribution in [0.1, 0.15) is 11.4 Å². The van der Waals surface area contributed by atoms with Gasteiger partial charge in [0.1, 0.15) is 12.4 Å². The Balaban J connectivity index is 2.05. The Morgan fingerprint density at radius 2 is 1.81 bits per heavy atom. The molecule has 0 aliphatic carbocycles. The minimum atomic E-state index is -3.76. The lowest BCUT2D eigenvalue weighted by atomic mass is 10.1. The van der Waals surface area contributed by atoms with Crippen molar-refractivity contribution in [3.8, 4) is 0 Å². The smallest absolute Gasteiger partial charge is 0.323 e. The van der Waals surface area contributed by atoms with Gasteiger partial charge in [0, 0.05) is 18.9 Å². The molecule has 0 fully saturated rings. The third-order valence-corrected chi connectivity index (χ3v) is 4.73. The molecular formula is C16H20N4O6S. The molecule has 0 saturated heterocycles. The molecule has 0 bridgehead atoms. The van der Waals surface area contributed by atoms with Crippen molar-refractivity contribution < 1.29 is 28.2 Å². The quantitative estimate of drug-likeness (QED) is 0.496. The molecule has 0 aliphatic heterocycles. The first kappa shape index (κ1) is 20.6. The highest BCUT2D eigenvalue weighted by Crippen LogP contribution is 2.11. The summed E-state index contributed by atoms with van der Waals surface area (Å²) >= 11 is 0. The van der Waals surface area contributed by atoms with E-state index < -0.39 is 22.0 Å². The van der Waals surface area contributed by atoms with Crippen molar-refractivity contribution in [3.63, 3.8) is 0 Å². The van der Waals surface area contributed by atoms with E-state index in [1.165, 1.54) is 29.1 Å². The number of nitrogens with zero attached hydrogens (tertiary/aromatic N) is 3. The van der Waals surface area contributed by atoms with Gasteiger partial charge in [-0.25, -0.2) is 18.5 Å². The number of benzene rings is 1. The summed E-state index contributed by atoms with van der Waals surface area (Å²) in [5, 5.41) is 23.1. The van der Waals surface area contributed by atoms with E-state index in [1.807, 2.05) is 0 Å². The van der Waals surface area contributed by atoms with Crippen LogP contribution >= 0.6 is 0 Å². The van der Waals surface area contributed by atoms with Crippen molar-refractivity contribution in [2.75, 3.05) is 13.1 Å². The second-order valence-corrected chi connectivity index (χ2v) is 7.47. The molecule has 0 atom stereocenters. The molecule has 1 aromatic carbocycles. The van der Waals surface area contributed by atoms with Crippen LogP contribution in [0.15, 0.2) is 41.6 Å². The van der Waals surface area contributed by atoms with E-state index in [2.05, 4.69) is 4.98 Å². The van der Waals surface area contributed by atoms with Crippen LogP contribution in [0.25, 0.3) is 0 Å². The Morgan fingerprint density at radius 3 is 2.37 bits per heavy atom. The topological polar surface area (TPSA) is 156 Å². The van der Waals surface area contributed by atoms with Gasteiger partial charge in [0.2, 0.25) is 10.0 Å². The highest BCUT2D eigenvalue weighted by atomic mass is 32.2. The lowest BCUT2D eigenvalue weighted by molar-refractivity contribution is -0.139. The zero-order valence-electron chi connectivity index (χ0n) is 14.4. The van der Waals surface area contributed by atoms with Crippen LogP contribution in [0.5, 0.6) is 0 Å². The highest BCUT2D eigenvalue weighted by molar-refractivity contribution is 7.89. The first-order valence-corrected chi connectivity index (χ1v) is 9.47. The summed E-state index contributed by atoms with van der Waals surface area (Å²) in [5.41, 5.74) is 0.812. The fourth-order valence-electron chi connectivity index (χ4n) is 2.52. The minimum Gasteiger partial charge on any atom is -0.480 e. The van der Waals surface area contributed by atoms with Crippen LogP contribution in [-0.2, 0) is 39.1 Å². The molecule has 0 spiro atoms. The van der Waals surface area contributed by atoms with Crippen molar-refractivity contribution in [2.24, 2.45) is 5.14 Å². The SMILES string of the molecule is NS(=O)(=O)c1ccc(CCN(CC(=O)O)Cc2nccn2CC(=O)O)cc1. The van der Waals surface area contributed by atoms with E-state index in [-0.39, 0.29) is 24.5 Å². The maximum absolute atomic E-state index is 11.3. The van der Waals surface area contributed by atoms with Gasteiger partial charge < -0.3 is 14.8 Å². The van der Waals surface area contributed by atoms with Crippen molar-refractivity contribution in [1.82, 2.24) is 14.5 Å². The summed E-state index contributed by atoms with van der Waals surface area (Å²) in [6.07, 6.45) is 3.45. The molecule has 4 N–H and O–H groups in total. The molecule has 1 aromatic heterocycles. The first-order chi connectivity index (χ1) is 12.6. The van der Waals surface area contributed by atoms with Gasteiger partial charge in [-0.3, -0.25) is 14.5 Å². The lowest BCUT2D eigenvalue weighted by Gasteiger charge is -2.20. The fourth-order valence-corrected chi connectivity index (χ4v) is 3.04. The van der Waals surface area contributed by atoms with Gasteiger partial charge in [0.25, 0.3) is 0 Å². The number of sulfonamides is 1. The van der Waals surface area contributed by atoms with Gasteiger partial charge >= 0.3 is 11.9 Å². The van der Waals surface area contributed by atoms with E-state index in [0.29, 0.717) is 18.8 Å². The average molecular weight is 396 g/mol. The number of carbonyl (C=O) groups is 2. The van der Waals surface area contributed by atoms with Crippen LogP contribution in [0.3, 0.4) is 0 Å². The van der Waals surface area contributed by atoms with Crippen LogP contribution < -0.4 is 5.14 Å². The van der Waals surface area contributed by atoms with Gasteiger partial charge in [-0.05, 0) is 24.1 Å². The van der Waals surface area contributed by atoms with E-state index in [9.17, 15) is 18.0 Å². The van der Waals surface area contributed by atoms with Crippen molar-refractivity contribution >= 4 is 22.0 Å². The molecule has 0 amide bonds. The molecule has 1 heterocycles. The fraction of sp³-hybridized carbons (Fsp3) is 0.312. The largest absolute Gasteiger partial charge is 0.480 e. The van der Waals surface area contributed by atoms with E-state index in [0.717, 1.165) is 5.56 Å². The van der Waals surface area contributed by atoms with Crippen LogP contribution in [-0.4, -0.2) is 58.1 Å². The van der Waals surface area contributed by atoms with E-state index in [1.54, 1.807) is 17.0 Å². The molecule has 0 saturated carbocycles. The predicted molar refractivity (Wildman–Crippen MR) is 94.3 cm³/mol. The number of carboxylic acid groups (broad SMARTS) is 2. The molecule has 2 rings (SSSR count). The second-order valence-electron chi connectivity index (χ2n) is 5.91. The number of carboxylic acids is 2. The second kappa shape index (κ2) is 8.75. The molecule has 0 radical (unpaired) electrons. The summed E-state index contributed by atoms with van der Waals surface area (Å²) in [6, 6.07) is 6.02. The summed E-state index contributed by atoms with van der Waals surface area (Å²) in [6.45, 7) is 0.0310. The van der Waals surface area contributed by atoms with Gasteiger partial charge in [0.05, 0.1) is 18.0 Å². The third kappa shape index (κ3) is 6.47. The molecule has 0 aliphatic rings. The average Bonchev–Trinajstić information content (AvgIpc) is 2.98. The standard InChI is InChI=1S/C16H20N4O6S/c17-27(25,26)13-3-1-12(2-4-13)5-7-19(10-15(21)22)9-14-18-6-8-20(14)11-16(23)24/h1-4,6,8H,5,7,9-11H2,(H,21,22)(H,23,24)(H2,17,25,26). The maximum atomic E-state index is 11.3. The molecule has 146 valence electrons. The van der Waals surface area contributed by atoms with Crippen LogP contribution in [0, 0.1) is 0 Å². The van der Waals surface area contributed by atoms with Crippen LogP contribution in [0.4, 0.5) is 0 Å². The van der Waals surface area contributed by atoms with E-state index in [4.69, 9.17) is 15.4 Å².